The Kier molecular flexibility index (Phi) is 5.21. The van der Waals surface area contributed by atoms with Crippen LogP contribution in [0.1, 0.15) is 46.2 Å². The minimum absolute atomic E-state index is 0.00409. The maximum absolute atomic E-state index is 12.6. The molecule has 1 N–H and O–H groups in total. The third kappa shape index (κ3) is 4.03. The Hall–Kier alpha value is -2.66. The Balaban J connectivity index is 1.50. The fourth-order valence-corrected chi connectivity index (χ4v) is 3.81. The lowest BCUT2D eigenvalue weighted by Crippen LogP contribution is -2.39. The van der Waals surface area contributed by atoms with Crippen molar-refractivity contribution in [2.75, 3.05) is 13.1 Å². The van der Waals surface area contributed by atoms with Crippen molar-refractivity contribution in [3.05, 3.63) is 82.4 Å². The Morgan fingerprint density at radius 2 is 2.07 bits per heavy atom. The molecule has 1 fully saturated rings. The summed E-state index contributed by atoms with van der Waals surface area (Å²) in [6.45, 7) is 1.45. The van der Waals surface area contributed by atoms with E-state index in [4.69, 9.17) is 16.6 Å². The summed E-state index contributed by atoms with van der Waals surface area (Å²) in [5.74, 6) is 0.251. The number of benzene rings is 1. The molecule has 0 unspecified atom stereocenters. The summed E-state index contributed by atoms with van der Waals surface area (Å²) in [6, 6.07) is 15.7. The second kappa shape index (κ2) is 7.92. The highest BCUT2D eigenvalue weighted by atomic mass is 35.5. The SMILES string of the molecule is O=C(c1ccn[nH]1)N1CCC[C@H](c2cccc(Cc3ccccc3Cl)n2)C1. The minimum atomic E-state index is 0.00409. The quantitative estimate of drug-likeness (QED) is 0.742. The van der Waals surface area contributed by atoms with Gasteiger partial charge in [-0.1, -0.05) is 35.9 Å². The van der Waals surface area contributed by atoms with E-state index in [-0.39, 0.29) is 11.8 Å². The lowest BCUT2D eigenvalue weighted by atomic mass is 9.93. The van der Waals surface area contributed by atoms with Gasteiger partial charge in [0.05, 0.1) is 0 Å². The van der Waals surface area contributed by atoms with Gasteiger partial charge in [0.2, 0.25) is 0 Å². The molecule has 1 aliphatic heterocycles. The van der Waals surface area contributed by atoms with Crippen LogP contribution in [0.2, 0.25) is 5.02 Å². The molecule has 6 heteroatoms. The van der Waals surface area contributed by atoms with Gasteiger partial charge in [0.1, 0.15) is 5.69 Å². The molecule has 138 valence electrons. The van der Waals surface area contributed by atoms with E-state index in [9.17, 15) is 4.79 Å². The molecule has 2 aromatic heterocycles. The number of piperidine rings is 1. The molecular formula is C21H21ClN4O. The molecule has 3 aromatic rings. The average Bonchev–Trinajstić information content (AvgIpc) is 3.24. The summed E-state index contributed by atoms with van der Waals surface area (Å²) < 4.78 is 0. The predicted molar refractivity (Wildman–Crippen MR) is 105 cm³/mol. The average molecular weight is 381 g/mol. The first-order chi connectivity index (χ1) is 13.2. The third-order valence-electron chi connectivity index (χ3n) is 5.02. The van der Waals surface area contributed by atoms with Gasteiger partial charge < -0.3 is 4.90 Å². The number of likely N-dealkylation sites (tertiary alicyclic amines) is 1. The second-order valence-corrected chi connectivity index (χ2v) is 7.29. The number of nitrogens with one attached hydrogen (secondary N) is 1. The monoisotopic (exact) mass is 380 g/mol. The van der Waals surface area contributed by atoms with Crippen LogP contribution < -0.4 is 0 Å². The van der Waals surface area contributed by atoms with Gasteiger partial charge in [0.25, 0.3) is 5.91 Å². The number of nitrogens with zero attached hydrogens (tertiary/aromatic N) is 3. The number of aromatic amines is 1. The topological polar surface area (TPSA) is 61.9 Å². The van der Waals surface area contributed by atoms with Crippen molar-refractivity contribution < 1.29 is 4.79 Å². The summed E-state index contributed by atoms with van der Waals surface area (Å²) >= 11 is 6.29. The molecule has 0 saturated carbocycles. The third-order valence-corrected chi connectivity index (χ3v) is 5.38. The van der Waals surface area contributed by atoms with Gasteiger partial charge in [0, 0.05) is 48.0 Å². The van der Waals surface area contributed by atoms with Crippen molar-refractivity contribution in [3.63, 3.8) is 0 Å². The first kappa shape index (κ1) is 17.7. The molecule has 1 atom stereocenters. The zero-order chi connectivity index (χ0) is 18.6. The molecule has 0 spiro atoms. The Labute approximate surface area is 163 Å². The zero-order valence-corrected chi connectivity index (χ0v) is 15.7. The van der Waals surface area contributed by atoms with Crippen molar-refractivity contribution in [1.82, 2.24) is 20.1 Å². The lowest BCUT2D eigenvalue weighted by molar-refractivity contribution is 0.0700. The number of aromatic nitrogens is 3. The van der Waals surface area contributed by atoms with E-state index in [1.807, 2.05) is 41.3 Å². The second-order valence-electron chi connectivity index (χ2n) is 6.88. The number of carbonyl (C=O) groups is 1. The number of amides is 1. The molecule has 1 aromatic carbocycles. The van der Waals surface area contributed by atoms with E-state index in [0.29, 0.717) is 18.7 Å². The predicted octanol–water partition coefficient (Wildman–Crippen LogP) is 4.07. The lowest BCUT2D eigenvalue weighted by Gasteiger charge is -2.32. The van der Waals surface area contributed by atoms with Gasteiger partial charge in [-0.25, -0.2) is 0 Å². The van der Waals surface area contributed by atoms with Gasteiger partial charge in [-0.2, -0.15) is 5.10 Å². The fourth-order valence-electron chi connectivity index (χ4n) is 3.61. The number of hydrogen-bond donors (Lipinski definition) is 1. The van der Waals surface area contributed by atoms with E-state index < -0.39 is 0 Å². The summed E-state index contributed by atoms with van der Waals surface area (Å²) in [4.78, 5) is 19.4. The zero-order valence-electron chi connectivity index (χ0n) is 14.9. The molecular weight excluding hydrogens is 360 g/mol. The smallest absolute Gasteiger partial charge is 0.271 e. The maximum Gasteiger partial charge on any atom is 0.271 e. The molecule has 1 amide bonds. The number of halogens is 1. The fraction of sp³-hybridized carbons (Fsp3) is 0.286. The van der Waals surface area contributed by atoms with Crippen molar-refractivity contribution >= 4 is 17.5 Å². The van der Waals surface area contributed by atoms with Crippen LogP contribution in [0.25, 0.3) is 0 Å². The van der Waals surface area contributed by atoms with Crippen LogP contribution in [-0.4, -0.2) is 39.1 Å². The molecule has 1 aliphatic rings. The Morgan fingerprint density at radius 1 is 1.19 bits per heavy atom. The normalized spacial score (nSPS) is 17.1. The number of H-pyrrole nitrogens is 1. The van der Waals surface area contributed by atoms with Crippen LogP contribution in [0, 0.1) is 0 Å². The van der Waals surface area contributed by atoms with Crippen LogP contribution in [0.3, 0.4) is 0 Å². The van der Waals surface area contributed by atoms with E-state index in [1.54, 1.807) is 12.3 Å². The first-order valence-corrected chi connectivity index (χ1v) is 9.56. The van der Waals surface area contributed by atoms with Gasteiger partial charge in [0.15, 0.2) is 0 Å². The number of carbonyl (C=O) groups excluding carboxylic acids is 1. The summed E-state index contributed by atoms with van der Waals surface area (Å²) in [7, 11) is 0. The Morgan fingerprint density at radius 3 is 2.89 bits per heavy atom. The maximum atomic E-state index is 12.6. The van der Waals surface area contributed by atoms with E-state index in [1.165, 1.54) is 0 Å². The van der Waals surface area contributed by atoms with Crippen LogP contribution in [0.15, 0.2) is 54.7 Å². The molecule has 0 bridgehead atoms. The molecule has 0 radical (unpaired) electrons. The van der Waals surface area contributed by atoms with Gasteiger partial charge >= 0.3 is 0 Å². The van der Waals surface area contributed by atoms with Crippen LogP contribution in [0.5, 0.6) is 0 Å². The van der Waals surface area contributed by atoms with Crippen molar-refractivity contribution in [2.24, 2.45) is 0 Å². The van der Waals surface area contributed by atoms with Crippen molar-refractivity contribution in [2.45, 2.75) is 25.2 Å². The van der Waals surface area contributed by atoms with E-state index in [0.717, 1.165) is 41.4 Å². The molecule has 1 saturated heterocycles. The highest BCUT2D eigenvalue weighted by molar-refractivity contribution is 6.31. The van der Waals surface area contributed by atoms with Crippen molar-refractivity contribution in [1.29, 1.82) is 0 Å². The van der Waals surface area contributed by atoms with Gasteiger partial charge in [-0.15, -0.1) is 0 Å². The van der Waals surface area contributed by atoms with Crippen LogP contribution in [0.4, 0.5) is 0 Å². The highest BCUT2D eigenvalue weighted by Gasteiger charge is 2.27. The summed E-state index contributed by atoms with van der Waals surface area (Å²) in [5, 5.41) is 7.40. The minimum Gasteiger partial charge on any atom is -0.337 e. The van der Waals surface area contributed by atoms with E-state index >= 15 is 0 Å². The molecule has 27 heavy (non-hydrogen) atoms. The first-order valence-electron chi connectivity index (χ1n) is 9.18. The summed E-state index contributed by atoms with van der Waals surface area (Å²) in [6.07, 6.45) is 4.32. The number of pyridine rings is 1. The van der Waals surface area contributed by atoms with Gasteiger partial charge in [-0.05, 0) is 42.7 Å². The van der Waals surface area contributed by atoms with Crippen LogP contribution in [-0.2, 0) is 6.42 Å². The highest BCUT2D eigenvalue weighted by Crippen LogP contribution is 2.27. The molecule has 5 nitrogen and oxygen atoms in total. The van der Waals surface area contributed by atoms with Crippen LogP contribution >= 0.6 is 11.6 Å². The molecule has 3 heterocycles. The van der Waals surface area contributed by atoms with Gasteiger partial charge in [-0.3, -0.25) is 14.9 Å². The van der Waals surface area contributed by atoms with Crippen molar-refractivity contribution in [3.8, 4) is 0 Å². The van der Waals surface area contributed by atoms with E-state index in [2.05, 4.69) is 16.3 Å². The molecule has 0 aliphatic carbocycles. The standard InChI is InChI=1S/C21H21ClN4O/c22-18-8-2-1-5-15(18)13-17-7-3-9-19(24-17)16-6-4-12-26(14-16)21(27)20-10-11-23-25-20/h1-3,5,7-11,16H,4,6,12-14H2,(H,23,25)/t16-/m0/s1. The summed E-state index contributed by atoms with van der Waals surface area (Å²) in [5.41, 5.74) is 3.65. The number of hydrogen-bond acceptors (Lipinski definition) is 3. The number of rotatable bonds is 4. The largest absolute Gasteiger partial charge is 0.337 e. The Bertz CT molecular complexity index is 925. The molecule has 4 rings (SSSR count).